The molecule has 0 radical (unpaired) electrons. The molecule has 0 heterocycles. The highest BCUT2D eigenvalue weighted by Gasteiger charge is 2.11. The fourth-order valence-corrected chi connectivity index (χ4v) is 2.37. The van der Waals surface area contributed by atoms with Crippen LogP contribution in [0.5, 0.6) is 0 Å². The Morgan fingerprint density at radius 3 is 1.68 bits per heavy atom. The van der Waals surface area contributed by atoms with Crippen LogP contribution in [0.4, 0.5) is 0 Å². The van der Waals surface area contributed by atoms with Gasteiger partial charge in [0.25, 0.3) is 0 Å². The molecule has 0 saturated heterocycles. The quantitative estimate of drug-likeness (QED) is 0.390. The lowest BCUT2D eigenvalue weighted by Gasteiger charge is -2.25. The van der Waals surface area contributed by atoms with Gasteiger partial charge in [-0.15, -0.1) is 0 Å². The molecule has 0 aromatic heterocycles. The Labute approximate surface area is 121 Å². The van der Waals surface area contributed by atoms with Crippen molar-refractivity contribution in [1.82, 2.24) is 0 Å². The van der Waals surface area contributed by atoms with Gasteiger partial charge >= 0.3 is 0 Å². The van der Waals surface area contributed by atoms with Crippen molar-refractivity contribution in [2.45, 2.75) is 83.7 Å². The molecule has 0 fully saturated rings. The molecule has 0 aromatic carbocycles. The summed E-state index contributed by atoms with van der Waals surface area (Å²) in [6.07, 6.45) is 14.1. The number of nitrogens with zero attached hydrogens (tertiary/aromatic N) is 1. The maximum absolute atomic E-state index is 9.90. The summed E-state index contributed by atoms with van der Waals surface area (Å²) in [4.78, 5) is 0. The normalized spacial score (nSPS) is 13.7. The Hall–Kier alpha value is -0.0800. The van der Waals surface area contributed by atoms with Crippen molar-refractivity contribution >= 4 is 0 Å². The zero-order valence-electron chi connectivity index (χ0n) is 14.0. The lowest BCUT2D eigenvalue weighted by molar-refractivity contribution is -0.870. The maximum atomic E-state index is 9.90. The molecule has 0 spiro atoms. The van der Waals surface area contributed by atoms with Crippen molar-refractivity contribution < 1.29 is 9.59 Å². The van der Waals surface area contributed by atoms with E-state index in [1.165, 1.54) is 57.8 Å². The van der Waals surface area contributed by atoms with E-state index in [1.807, 2.05) is 0 Å². The average Bonchev–Trinajstić information content (AvgIpc) is 2.33. The third-order valence-corrected chi connectivity index (χ3v) is 3.77. The second-order valence-corrected chi connectivity index (χ2v) is 7.07. The molecule has 1 atom stereocenters. The molecule has 2 nitrogen and oxygen atoms in total. The summed E-state index contributed by atoms with van der Waals surface area (Å²) in [7, 11) is 6.56. The van der Waals surface area contributed by atoms with Crippen LogP contribution >= 0.6 is 0 Å². The van der Waals surface area contributed by atoms with Crippen molar-refractivity contribution in [3.05, 3.63) is 0 Å². The standard InChI is InChI=1S/C17H38NO/c1-5-6-7-8-9-10-11-12-13-14-17(19)15-16-18(2,3)4/h17,19H,5-16H2,1-4H3/q+1. The second kappa shape index (κ2) is 11.7. The molecule has 1 unspecified atom stereocenters. The number of aliphatic hydroxyl groups excluding tert-OH is 1. The molecular weight excluding hydrogens is 234 g/mol. The van der Waals surface area contributed by atoms with Crippen LogP contribution in [0.1, 0.15) is 77.6 Å². The van der Waals surface area contributed by atoms with Gasteiger partial charge in [0.15, 0.2) is 0 Å². The Morgan fingerprint density at radius 2 is 1.21 bits per heavy atom. The zero-order chi connectivity index (χ0) is 14.6. The van der Waals surface area contributed by atoms with Gasteiger partial charge in [0.05, 0.1) is 33.8 Å². The van der Waals surface area contributed by atoms with Crippen molar-refractivity contribution in [2.24, 2.45) is 0 Å². The molecule has 0 aliphatic heterocycles. The van der Waals surface area contributed by atoms with Gasteiger partial charge < -0.3 is 9.59 Å². The number of hydrogen-bond donors (Lipinski definition) is 1. The van der Waals surface area contributed by atoms with Gasteiger partial charge in [-0.2, -0.15) is 0 Å². The molecule has 0 aliphatic carbocycles. The third-order valence-electron chi connectivity index (χ3n) is 3.77. The molecule has 1 N–H and O–H groups in total. The predicted octanol–water partition coefficient (Wildman–Crippen LogP) is 4.36. The summed E-state index contributed by atoms with van der Waals surface area (Å²) in [6, 6.07) is 0. The monoisotopic (exact) mass is 272 g/mol. The number of hydrogen-bond acceptors (Lipinski definition) is 1. The predicted molar refractivity (Wildman–Crippen MR) is 85.4 cm³/mol. The van der Waals surface area contributed by atoms with E-state index in [9.17, 15) is 5.11 Å². The first-order valence-corrected chi connectivity index (χ1v) is 8.44. The van der Waals surface area contributed by atoms with Gasteiger partial charge in [-0.1, -0.05) is 64.7 Å². The van der Waals surface area contributed by atoms with Gasteiger partial charge in [0.1, 0.15) is 0 Å². The Balaban J connectivity index is 3.21. The zero-order valence-corrected chi connectivity index (χ0v) is 14.0. The molecule has 19 heavy (non-hydrogen) atoms. The van der Waals surface area contributed by atoms with E-state index in [2.05, 4.69) is 28.1 Å². The summed E-state index contributed by atoms with van der Waals surface area (Å²) < 4.78 is 0.953. The van der Waals surface area contributed by atoms with Crippen molar-refractivity contribution in [2.75, 3.05) is 27.7 Å². The number of quaternary nitrogens is 1. The highest BCUT2D eigenvalue weighted by molar-refractivity contribution is 4.56. The Morgan fingerprint density at radius 1 is 0.737 bits per heavy atom. The van der Waals surface area contributed by atoms with Crippen LogP contribution in [0.2, 0.25) is 0 Å². The van der Waals surface area contributed by atoms with E-state index in [0.717, 1.165) is 23.9 Å². The smallest absolute Gasteiger partial charge is 0.0805 e. The minimum Gasteiger partial charge on any atom is -0.393 e. The fraction of sp³-hybridized carbons (Fsp3) is 1.00. The van der Waals surface area contributed by atoms with E-state index < -0.39 is 0 Å². The second-order valence-electron chi connectivity index (χ2n) is 7.07. The first-order chi connectivity index (χ1) is 8.95. The van der Waals surface area contributed by atoms with Gasteiger partial charge in [-0.05, 0) is 6.42 Å². The van der Waals surface area contributed by atoms with Crippen molar-refractivity contribution in [3.8, 4) is 0 Å². The van der Waals surface area contributed by atoms with Crippen LogP contribution < -0.4 is 0 Å². The molecular formula is C17H38NO+. The van der Waals surface area contributed by atoms with Gasteiger partial charge in [0.2, 0.25) is 0 Å². The summed E-state index contributed by atoms with van der Waals surface area (Å²) in [5, 5.41) is 9.90. The van der Waals surface area contributed by atoms with Gasteiger partial charge in [-0.3, -0.25) is 0 Å². The summed E-state index contributed by atoms with van der Waals surface area (Å²) >= 11 is 0. The lowest BCUT2D eigenvalue weighted by atomic mass is 10.0. The van der Waals surface area contributed by atoms with Crippen LogP contribution in [0.15, 0.2) is 0 Å². The lowest BCUT2D eigenvalue weighted by Crippen LogP contribution is -2.37. The molecule has 0 amide bonds. The molecule has 0 aromatic rings. The first-order valence-electron chi connectivity index (χ1n) is 8.44. The number of unbranched alkanes of at least 4 members (excludes halogenated alkanes) is 8. The molecule has 0 saturated carbocycles. The highest BCUT2D eigenvalue weighted by atomic mass is 16.3. The maximum Gasteiger partial charge on any atom is 0.0805 e. The molecule has 0 rings (SSSR count). The van der Waals surface area contributed by atoms with Gasteiger partial charge in [0, 0.05) is 6.42 Å². The van der Waals surface area contributed by atoms with E-state index in [-0.39, 0.29) is 6.10 Å². The number of aliphatic hydroxyl groups is 1. The van der Waals surface area contributed by atoms with Crippen LogP contribution in [-0.4, -0.2) is 43.4 Å². The van der Waals surface area contributed by atoms with E-state index in [1.54, 1.807) is 0 Å². The minimum atomic E-state index is -0.0816. The summed E-state index contributed by atoms with van der Waals surface area (Å²) in [5.74, 6) is 0. The first kappa shape index (κ1) is 18.9. The van der Waals surface area contributed by atoms with Gasteiger partial charge in [-0.25, -0.2) is 0 Å². The molecule has 116 valence electrons. The van der Waals surface area contributed by atoms with Crippen LogP contribution in [-0.2, 0) is 0 Å². The Kier molecular flexibility index (Phi) is 11.7. The fourth-order valence-electron chi connectivity index (χ4n) is 2.37. The highest BCUT2D eigenvalue weighted by Crippen LogP contribution is 2.12. The average molecular weight is 272 g/mol. The SMILES string of the molecule is CCCCCCCCCCCC(O)CC[N+](C)(C)C. The third kappa shape index (κ3) is 15.9. The summed E-state index contributed by atoms with van der Waals surface area (Å²) in [5.41, 5.74) is 0. The topological polar surface area (TPSA) is 20.2 Å². The molecule has 2 heteroatoms. The van der Waals surface area contributed by atoms with E-state index in [4.69, 9.17) is 0 Å². The molecule has 0 aliphatic rings. The largest absolute Gasteiger partial charge is 0.393 e. The summed E-state index contributed by atoms with van der Waals surface area (Å²) in [6.45, 7) is 3.34. The van der Waals surface area contributed by atoms with Crippen molar-refractivity contribution in [1.29, 1.82) is 0 Å². The Bertz CT molecular complexity index is 186. The minimum absolute atomic E-state index is 0.0816. The molecule has 0 bridgehead atoms. The van der Waals surface area contributed by atoms with E-state index >= 15 is 0 Å². The van der Waals surface area contributed by atoms with Crippen molar-refractivity contribution in [3.63, 3.8) is 0 Å². The van der Waals surface area contributed by atoms with Crippen LogP contribution in [0.3, 0.4) is 0 Å². The van der Waals surface area contributed by atoms with E-state index in [0.29, 0.717) is 0 Å². The van der Waals surface area contributed by atoms with Crippen LogP contribution in [0.25, 0.3) is 0 Å². The van der Waals surface area contributed by atoms with Crippen LogP contribution in [0, 0.1) is 0 Å². The number of rotatable bonds is 13.